The quantitative estimate of drug-likeness (QED) is 0.788. The summed E-state index contributed by atoms with van der Waals surface area (Å²) >= 11 is 0. The van der Waals surface area contributed by atoms with Crippen LogP contribution in [0.3, 0.4) is 0 Å². The van der Waals surface area contributed by atoms with Gasteiger partial charge in [-0.3, -0.25) is 0 Å². The molecule has 2 N–H and O–H groups in total. The van der Waals surface area contributed by atoms with Gasteiger partial charge in [-0.2, -0.15) is 5.26 Å². The Labute approximate surface area is 152 Å². The zero-order chi connectivity index (χ0) is 18.3. The van der Waals surface area contributed by atoms with Crippen molar-refractivity contribution in [2.24, 2.45) is 5.41 Å². The molecule has 3 rings (SSSR count). The molecular weight excluding hydrogens is 312 g/mol. The van der Waals surface area contributed by atoms with E-state index < -0.39 is 0 Å². The van der Waals surface area contributed by atoms with Gasteiger partial charge in [0.25, 0.3) is 0 Å². The van der Waals surface area contributed by atoms with Gasteiger partial charge in [0.05, 0.1) is 24.8 Å². The van der Waals surface area contributed by atoms with Crippen molar-refractivity contribution in [1.82, 2.24) is 0 Å². The van der Waals surface area contributed by atoms with Crippen molar-refractivity contribution in [3.05, 3.63) is 29.3 Å². The first-order valence-electron chi connectivity index (χ1n) is 9.46. The van der Waals surface area contributed by atoms with Crippen LogP contribution in [0.2, 0.25) is 0 Å². The Balaban J connectivity index is 0.000000196. The van der Waals surface area contributed by atoms with Gasteiger partial charge in [-0.25, -0.2) is 0 Å². The van der Waals surface area contributed by atoms with Crippen LogP contribution in [-0.2, 0) is 9.47 Å². The maximum atomic E-state index is 8.46. The number of hydrogen-bond donors (Lipinski definition) is 1. The Hall–Kier alpha value is -1.57. The first kappa shape index (κ1) is 19.8. The summed E-state index contributed by atoms with van der Waals surface area (Å²) in [5.41, 5.74) is 8.34. The standard InChI is InChI=1S/C13H24O2.C8H8N2/c1-3-4-6-12(2)7-5-8-13(11-12)14-9-10-15-13;1-6-4-7(5-9)2-3-8(6)10/h3-11H2,1-2H3;2-4H,10H2,1H3/t12-;/m0./s1. The lowest BCUT2D eigenvalue weighted by molar-refractivity contribution is -0.200. The minimum Gasteiger partial charge on any atom is -0.399 e. The average molecular weight is 344 g/mol. The van der Waals surface area contributed by atoms with Crippen LogP contribution >= 0.6 is 0 Å². The van der Waals surface area contributed by atoms with Crippen molar-refractivity contribution in [3.8, 4) is 6.07 Å². The van der Waals surface area contributed by atoms with Crippen LogP contribution in [0.15, 0.2) is 18.2 Å². The number of ether oxygens (including phenoxy) is 2. The van der Waals surface area contributed by atoms with Crippen LogP contribution in [0.4, 0.5) is 5.69 Å². The molecule has 4 heteroatoms. The lowest BCUT2D eigenvalue weighted by Gasteiger charge is -2.43. The summed E-state index contributed by atoms with van der Waals surface area (Å²) in [4.78, 5) is 0. The summed E-state index contributed by atoms with van der Waals surface area (Å²) in [5, 5.41) is 8.46. The molecule has 2 aliphatic rings. The SMILES string of the molecule is CCCC[C@@]1(C)CCCC2(C1)OCCO2.Cc1cc(C#N)ccc1N. The molecule has 25 heavy (non-hydrogen) atoms. The van der Waals surface area contributed by atoms with Crippen LogP contribution in [-0.4, -0.2) is 19.0 Å². The van der Waals surface area contributed by atoms with Crippen molar-refractivity contribution in [1.29, 1.82) is 5.26 Å². The summed E-state index contributed by atoms with van der Waals surface area (Å²) in [5.74, 6) is -0.194. The smallest absolute Gasteiger partial charge is 0.169 e. The number of nitrogens with zero attached hydrogens (tertiary/aromatic N) is 1. The molecule has 0 unspecified atom stereocenters. The van der Waals surface area contributed by atoms with E-state index in [1.54, 1.807) is 18.2 Å². The summed E-state index contributed by atoms with van der Waals surface area (Å²) in [6, 6.07) is 7.27. The van der Waals surface area contributed by atoms with Crippen LogP contribution in [0.5, 0.6) is 0 Å². The van der Waals surface area contributed by atoms with Crippen molar-refractivity contribution < 1.29 is 9.47 Å². The van der Waals surface area contributed by atoms with Crippen LogP contribution < -0.4 is 5.73 Å². The number of nitriles is 1. The van der Waals surface area contributed by atoms with E-state index >= 15 is 0 Å². The van der Waals surface area contributed by atoms with Gasteiger partial charge in [0.1, 0.15) is 0 Å². The van der Waals surface area contributed by atoms with E-state index in [1.807, 2.05) is 13.0 Å². The minimum atomic E-state index is -0.194. The van der Waals surface area contributed by atoms with Crippen LogP contribution in [0.25, 0.3) is 0 Å². The normalized spacial score (nSPS) is 24.4. The van der Waals surface area contributed by atoms with E-state index in [1.165, 1.54) is 32.1 Å². The van der Waals surface area contributed by atoms with Gasteiger partial charge in [-0.1, -0.05) is 26.7 Å². The number of benzene rings is 1. The van der Waals surface area contributed by atoms with Gasteiger partial charge in [0.15, 0.2) is 5.79 Å². The summed E-state index contributed by atoms with van der Waals surface area (Å²) in [6.45, 7) is 8.16. The Morgan fingerprint density at radius 3 is 2.56 bits per heavy atom. The molecule has 1 aromatic carbocycles. The molecule has 1 atom stereocenters. The predicted molar refractivity (Wildman–Crippen MR) is 101 cm³/mol. The van der Waals surface area contributed by atoms with Crippen molar-refractivity contribution >= 4 is 5.69 Å². The highest BCUT2D eigenvalue weighted by atomic mass is 16.7. The molecule has 1 aliphatic carbocycles. The highest BCUT2D eigenvalue weighted by Crippen LogP contribution is 2.47. The lowest BCUT2D eigenvalue weighted by atomic mass is 9.70. The maximum absolute atomic E-state index is 8.46. The fourth-order valence-electron chi connectivity index (χ4n) is 3.92. The average Bonchev–Trinajstić information content (AvgIpc) is 3.03. The molecule has 1 aromatic rings. The zero-order valence-corrected chi connectivity index (χ0v) is 15.9. The van der Waals surface area contributed by atoms with Gasteiger partial charge in [-0.05, 0) is 55.4 Å². The Morgan fingerprint density at radius 1 is 1.24 bits per heavy atom. The highest BCUT2D eigenvalue weighted by molar-refractivity contribution is 5.50. The number of hydrogen-bond acceptors (Lipinski definition) is 4. The van der Waals surface area contributed by atoms with Gasteiger partial charge < -0.3 is 15.2 Å². The molecule has 0 radical (unpaired) electrons. The number of unbranched alkanes of at least 4 members (excludes halogenated alkanes) is 1. The molecule has 4 nitrogen and oxygen atoms in total. The molecule has 1 heterocycles. The largest absolute Gasteiger partial charge is 0.399 e. The number of anilines is 1. The molecular formula is C21H32N2O2. The fraction of sp³-hybridized carbons (Fsp3) is 0.667. The monoisotopic (exact) mass is 344 g/mol. The van der Waals surface area contributed by atoms with E-state index in [0.29, 0.717) is 11.0 Å². The van der Waals surface area contributed by atoms with Gasteiger partial charge >= 0.3 is 0 Å². The second-order valence-corrected chi connectivity index (χ2v) is 7.74. The molecule has 1 spiro atoms. The summed E-state index contributed by atoms with van der Waals surface area (Å²) in [6.07, 6.45) is 8.80. The van der Waals surface area contributed by atoms with Crippen LogP contribution in [0, 0.1) is 23.7 Å². The number of nitrogen functional groups attached to an aromatic ring is 1. The molecule has 1 saturated carbocycles. The second kappa shape index (κ2) is 8.69. The van der Waals surface area contributed by atoms with Gasteiger partial charge in [0, 0.05) is 18.5 Å². The van der Waals surface area contributed by atoms with E-state index in [0.717, 1.165) is 37.3 Å². The third-order valence-corrected chi connectivity index (χ3v) is 5.38. The molecule has 1 saturated heterocycles. The summed E-state index contributed by atoms with van der Waals surface area (Å²) < 4.78 is 11.7. The first-order chi connectivity index (χ1) is 11.9. The van der Waals surface area contributed by atoms with Crippen molar-refractivity contribution in [2.45, 2.75) is 71.5 Å². The number of aryl methyl sites for hydroxylation is 1. The zero-order valence-electron chi connectivity index (χ0n) is 15.9. The highest BCUT2D eigenvalue weighted by Gasteiger charge is 2.45. The molecule has 138 valence electrons. The topological polar surface area (TPSA) is 68.3 Å². The third-order valence-electron chi connectivity index (χ3n) is 5.38. The lowest BCUT2D eigenvalue weighted by Crippen LogP contribution is -2.41. The Bertz CT molecular complexity index is 602. The summed E-state index contributed by atoms with van der Waals surface area (Å²) in [7, 11) is 0. The van der Waals surface area contributed by atoms with Gasteiger partial charge in [0.2, 0.25) is 0 Å². The van der Waals surface area contributed by atoms with Crippen molar-refractivity contribution in [3.63, 3.8) is 0 Å². The molecule has 2 fully saturated rings. The molecule has 0 amide bonds. The third kappa shape index (κ3) is 5.45. The Morgan fingerprint density at radius 2 is 1.96 bits per heavy atom. The van der Waals surface area contributed by atoms with E-state index in [-0.39, 0.29) is 5.79 Å². The molecule has 0 aromatic heterocycles. The molecule has 1 aliphatic heterocycles. The predicted octanol–water partition coefficient (Wildman–Crippen LogP) is 4.95. The Kier molecular flexibility index (Phi) is 6.87. The first-order valence-corrected chi connectivity index (χ1v) is 9.46. The molecule has 0 bridgehead atoms. The number of rotatable bonds is 3. The van der Waals surface area contributed by atoms with Gasteiger partial charge in [-0.15, -0.1) is 0 Å². The fourth-order valence-corrected chi connectivity index (χ4v) is 3.92. The van der Waals surface area contributed by atoms with E-state index in [2.05, 4.69) is 13.8 Å². The maximum Gasteiger partial charge on any atom is 0.169 e. The van der Waals surface area contributed by atoms with E-state index in [9.17, 15) is 0 Å². The number of nitrogens with two attached hydrogens (primary N) is 1. The van der Waals surface area contributed by atoms with E-state index in [4.69, 9.17) is 20.5 Å². The minimum absolute atomic E-state index is 0.194. The second-order valence-electron chi connectivity index (χ2n) is 7.74. The van der Waals surface area contributed by atoms with Crippen molar-refractivity contribution in [2.75, 3.05) is 18.9 Å². The van der Waals surface area contributed by atoms with Crippen LogP contribution in [0.1, 0.15) is 69.9 Å².